The van der Waals surface area contributed by atoms with E-state index in [2.05, 4.69) is 40.6 Å². The van der Waals surface area contributed by atoms with E-state index in [0.717, 1.165) is 6.04 Å². The molecule has 0 fully saturated rings. The van der Waals surface area contributed by atoms with Gasteiger partial charge in [-0.05, 0) is 25.7 Å². The molecule has 1 atom stereocenters. The summed E-state index contributed by atoms with van der Waals surface area (Å²) in [6.45, 7) is 10.0. The molecule has 0 rings (SSSR count). The van der Waals surface area contributed by atoms with Crippen molar-refractivity contribution in [1.82, 2.24) is 0 Å². The Morgan fingerprint density at radius 2 is 0.784 bits per heavy atom. The highest BCUT2D eigenvalue weighted by molar-refractivity contribution is 4.74. The van der Waals surface area contributed by atoms with Crippen molar-refractivity contribution in [1.29, 1.82) is 0 Å². The van der Waals surface area contributed by atoms with E-state index in [4.69, 9.17) is 0 Å². The van der Waals surface area contributed by atoms with Crippen LogP contribution >= 0.6 is 0 Å². The maximum atomic E-state index is 4.08. The average Bonchev–Trinajstić information content (AvgIpc) is 2.86. The van der Waals surface area contributed by atoms with E-state index < -0.39 is 0 Å². The molecule has 0 radical (unpaired) electrons. The number of hydrogen-bond donors (Lipinski definition) is 0. The quantitative estimate of drug-likeness (QED) is 0.0482. The van der Waals surface area contributed by atoms with Gasteiger partial charge in [0, 0.05) is 6.42 Å². The third-order valence-electron chi connectivity index (χ3n) is 8.66. The molecule has 0 aliphatic heterocycles. The van der Waals surface area contributed by atoms with Crippen LogP contribution in [-0.4, -0.2) is 31.2 Å². The van der Waals surface area contributed by atoms with Gasteiger partial charge in [0.1, 0.15) is 0 Å². The van der Waals surface area contributed by atoms with Gasteiger partial charge in [-0.15, -0.1) is 6.58 Å². The summed E-state index contributed by atoms with van der Waals surface area (Å²) < 4.78 is 1.20. The van der Waals surface area contributed by atoms with Gasteiger partial charge in [-0.3, -0.25) is 0 Å². The highest BCUT2D eigenvalue weighted by atomic mass is 35.5. The zero-order valence-corrected chi connectivity index (χ0v) is 27.2. The largest absolute Gasteiger partial charge is 1.00 e. The number of halogens is 1. The summed E-state index contributed by atoms with van der Waals surface area (Å²) in [7, 11) is 4.96. The molecule has 2 heteroatoms. The summed E-state index contributed by atoms with van der Waals surface area (Å²) in [5.74, 6) is 0. The number of rotatable bonds is 30. The van der Waals surface area contributed by atoms with E-state index in [1.165, 1.54) is 184 Å². The van der Waals surface area contributed by atoms with Crippen LogP contribution in [0.3, 0.4) is 0 Å². The molecule has 224 valence electrons. The first-order valence-corrected chi connectivity index (χ1v) is 17.0. The lowest BCUT2D eigenvalue weighted by Gasteiger charge is -2.38. The third kappa shape index (κ3) is 27.4. The molecule has 0 saturated carbocycles. The van der Waals surface area contributed by atoms with Gasteiger partial charge in [0.15, 0.2) is 0 Å². The maximum absolute atomic E-state index is 4.08. The Bertz CT molecular complexity index is 433. The first-order chi connectivity index (χ1) is 17.6. The van der Waals surface area contributed by atoms with Crippen molar-refractivity contribution >= 4 is 0 Å². The fraction of sp³-hybridized carbons (Fsp3) is 0.943. The van der Waals surface area contributed by atoms with Crippen LogP contribution in [0.15, 0.2) is 12.7 Å². The van der Waals surface area contributed by atoms with Gasteiger partial charge in [-0.2, -0.15) is 0 Å². The molecule has 0 aliphatic rings. The van der Waals surface area contributed by atoms with Gasteiger partial charge < -0.3 is 16.9 Å². The predicted octanol–water partition coefficient (Wildman–Crippen LogP) is 9.19. The minimum absolute atomic E-state index is 0. The number of unbranched alkanes of at least 4 members (excludes halogenated alkanes) is 23. The Balaban J connectivity index is 0. The Labute approximate surface area is 243 Å². The van der Waals surface area contributed by atoms with Crippen LogP contribution in [0.5, 0.6) is 0 Å². The molecule has 0 aromatic heterocycles. The molecule has 0 aromatic rings. The lowest BCUT2D eigenvalue weighted by Crippen LogP contribution is -3.00. The van der Waals surface area contributed by atoms with E-state index in [9.17, 15) is 0 Å². The van der Waals surface area contributed by atoms with Crippen LogP contribution in [0.2, 0.25) is 0 Å². The van der Waals surface area contributed by atoms with Crippen LogP contribution in [0, 0.1) is 0 Å². The molecular weight excluding hydrogens is 470 g/mol. The van der Waals surface area contributed by atoms with E-state index in [0.29, 0.717) is 0 Å². The molecular formula is C35H72ClN. The summed E-state index contributed by atoms with van der Waals surface area (Å²) in [6, 6.07) is 0.767. The molecule has 0 aromatic carbocycles. The van der Waals surface area contributed by atoms with Crippen LogP contribution < -0.4 is 12.4 Å². The molecule has 0 spiro atoms. The summed E-state index contributed by atoms with van der Waals surface area (Å²) in [4.78, 5) is 0. The highest BCUT2D eigenvalue weighted by Gasteiger charge is 2.26. The molecule has 1 nitrogen and oxygen atoms in total. The van der Waals surface area contributed by atoms with Gasteiger partial charge in [0.05, 0.1) is 26.7 Å². The molecule has 1 unspecified atom stereocenters. The first-order valence-electron chi connectivity index (χ1n) is 17.0. The van der Waals surface area contributed by atoms with E-state index in [1.54, 1.807) is 0 Å². The van der Waals surface area contributed by atoms with Crippen molar-refractivity contribution in [3.63, 3.8) is 0 Å². The third-order valence-corrected chi connectivity index (χ3v) is 8.66. The Morgan fingerprint density at radius 1 is 0.486 bits per heavy atom. The van der Waals surface area contributed by atoms with Crippen LogP contribution in [0.25, 0.3) is 0 Å². The monoisotopic (exact) mass is 542 g/mol. The van der Waals surface area contributed by atoms with Crippen LogP contribution in [-0.2, 0) is 0 Å². The van der Waals surface area contributed by atoms with Crippen molar-refractivity contribution in [2.75, 3.05) is 20.6 Å². The van der Waals surface area contributed by atoms with E-state index in [1.807, 2.05) is 0 Å². The second-order valence-electron chi connectivity index (χ2n) is 12.6. The summed E-state index contributed by atoms with van der Waals surface area (Å²) in [6.07, 6.45) is 40.9. The van der Waals surface area contributed by atoms with Crippen molar-refractivity contribution in [3.8, 4) is 0 Å². The standard InChI is InChI=1S/C35H72N.ClH/c1-6-9-11-13-15-17-19-20-21-22-23-24-26-28-30-33-35(32-8-3)36(4,5)34-31-29-27-25-18-16-14-12-10-7-2;/h8,35H,3,6-7,9-34H2,1-2,4-5H3;1H/q+1;/p-1. The van der Waals surface area contributed by atoms with Crippen molar-refractivity contribution in [3.05, 3.63) is 12.7 Å². The van der Waals surface area contributed by atoms with E-state index >= 15 is 0 Å². The lowest BCUT2D eigenvalue weighted by atomic mass is 9.99. The number of nitrogens with zero attached hydrogens (tertiary/aromatic N) is 1. The maximum Gasteiger partial charge on any atom is 0.0920 e. The van der Waals surface area contributed by atoms with Crippen molar-refractivity contribution in [2.24, 2.45) is 0 Å². The van der Waals surface area contributed by atoms with Crippen molar-refractivity contribution in [2.45, 2.75) is 193 Å². The smallest absolute Gasteiger partial charge is 0.0920 e. The Kier molecular flexibility index (Phi) is 32.3. The molecule has 0 N–H and O–H groups in total. The zero-order valence-electron chi connectivity index (χ0n) is 26.5. The molecule has 0 saturated heterocycles. The minimum atomic E-state index is 0. The molecule has 0 bridgehead atoms. The van der Waals surface area contributed by atoms with E-state index in [-0.39, 0.29) is 12.4 Å². The Morgan fingerprint density at radius 3 is 1.11 bits per heavy atom. The predicted molar refractivity (Wildman–Crippen MR) is 167 cm³/mol. The van der Waals surface area contributed by atoms with Crippen molar-refractivity contribution < 1.29 is 16.9 Å². The van der Waals surface area contributed by atoms with Gasteiger partial charge in [-0.1, -0.05) is 161 Å². The zero-order chi connectivity index (χ0) is 26.6. The molecule has 0 amide bonds. The topological polar surface area (TPSA) is 0 Å². The molecule has 37 heavy (non-hydrogen) atoms. The summed E-state index contributed by atoms with van der Waals surface area (Å²) in [5.41, 5.74) is 0. The van der Waals surface area contributed by atoms with Gasteiger partial charge in [0.25, 0.3) is 0 Å². The SMILES string of the molecule is C=CCC(CCCCCCCCCCCCCCCCC)[N+](C)(C)CCCCCCCCCCCC.[Cl-]. The minimum Gasteiger partial charge on any atom is -1.00 e. The first kappa shape index (κ1) is 39.1. The summed E-state index contributed by atoms with van der Waals surface area (Å²) in [5, 5.41) is 0. The molecule has 0 heterocycles. The lowest BCUT2D eigenvalue weighted by molar-refractivity contribution is -0.915. The van der Waals surface area contributed by atoms with Gasteiger partial charge in [0.2, 0.25) is 0 Å². The van der Waals surface area contributed by atoms with Crippen LogP contribution in [0.1, 0.15) is 187 Å². The average molecular weight is 542 g/mol. The highest BCUT2D eigenvalue weighted by Crippen LogP contribution is 2.21. The molecule has 0 aliphatic carbocycles. The fourth-order valence-electron chi connectivity index (χ4n) is 5.89. The van der Waals surface area contributed by atoms with Gasteiger partial charge in [-0.25, -0.2) is 0 Å². The number of quaternary nitrogens is 1. The number of hydrogen-bond acceptors (Lipinski definition) is 0. The fourth-order valence-corrected chi connectivity index (χ4v) is 5.89. The van der Waals surface area contributed by atoms with Gasteiger partial charge >= 0.3 is 0 Å². The van der Waals surface area contributed by atoms with Crippen LogP contribution in [0.4, 0.5) is 0 Å². The second-order valence-corrected chi connectivity index (χ2v) is 12.6. The Hall–Kier alpha value is -0.0100. The second kappa shape index (κ2) is 30.5. The normalized spacial score (nSPS) is 12.4. The summed E-state index contributed by atoms with van der Waals surface area (Å²) >= 11 is 0.